The maximum atomic E-state index is 12.9. The van der Waals surface area contributed by atoms with Crippen LogP contribution in [0.15, 0.2) is 53.1 Å². The van der Waals surface area contributed by atoms with Crippen molar-refractivity contribution in [3.05, 3.63) is 48.7 Å². The summed E-state index contributed by atoms with van der Waals surface area (Å²) in [4.78, 5) is 15.0. The summed E-state index contributed by atoms with van der Waals surface area (Å²) in [6.45, 7) is 1.45. The third-order valence-electron chi connectivity index (χ3n) is 5.08. The zero-order chi connectivity index (χ0) is 19.6. The number of piperidine rings is 1. The molecule has 146 valence electrons. The molecule has 0 spiro atoms. The number of carbonyl (C=O) groups excluding carboxylic acids is 1. The van der Waals surface area contributed by atoms with E-state index in [1.807, 2.05) is 42.5 Å². The maximum absolute atomic E-state index is 12.9. The third kappa shape index (κ3) is 3.56. The monoisotopic (exact) mass is 406 g/mol. The van der Waals surface area contributed by atoms with Gasteiger partial charge in [-0.05, 0) is 49.2 Å². The summed E-state index contributed by atoms with van der Waals surface area (Å²) in [5.41, 5.74) is 2.93. The van der Waals surface area contributed by atoms with E-state index in [1.54, 1.807) is 6.26 Å². The molecule has 4 aromatic rings. The minimum Gasteiger partial charge on any atom is -0.463 e. The lowest BCUT2D eigenvalue weighted by Crippen LogP contribution is -2.41. The average Bonchev–Trinajstić information content (AvgIpc) is 3.47. The van der Waals surface area contributed by atoms with Gasteiger partial charge in [0.25, 0.3) is 0 Å². The van der Waals surface area contributed by atoms with Gasteiger partial charge in [-0.2, -0.15) is 8.75 Å². The molecule has 5 rings (SSSR count). The molecule has 1 aliphatic rings. The second kappa shape index (κ2) is 7.59. The Labute approximate surface area is 170 Å². The van der Waals surface area contributed by atoms with Crippen LogP contribution in [-0.4, -0.2) is 37.9 Å². The largest absolute Gasteiger partial charge is 0.463 e. The lowest BCUT2D eigenvalue weighted by Gasteiger charge is -2.32. The highest BCUT2D eigenvalue weighted by molar-refractivity contribution is 7.00. The smallest absolute Gasteiger partial charge is 0.229 e. The molecule has 29 heavy (non-hydrogen) atoms. The molecule has 1 atom stereocenters. The van der Waals surface area contributed by atoms with Crippen LogP contribution in [0.3, 0.4) is 0 Å². The summed E-state index contributed by atoms with van der Waals surface area (Å²) >= 11 is 1.15. The summed E-state index contributed by atoms with van der Waals surface area (Å²) < 4.78 is 13.9. The molecule has 0 radical (unpaired) electrons. The molecule has 0 bridgehead atoms. The number of nitrogens with one attached hydrogen (secondary N) is 1. The number of anilines is 2. The SMILES string of the molecule is O=C(Nc1cccc2nsnc12)C1CCCN(c2ccc(-c3ccco3)nn2)C1. The minimum absolute atomic E-state index is 0.00429. The number of hydrogen-bond donors (Lipinski definition) is 1. The van der Waals surface area contributed by atoms with Crippen molar-refractivity contribution >= 4 is 40.2 Å². The van der Waals surface area contributed by atoms with E-state index in [-0.39, 0.29) is 11.8 Å². The summed E-state index contributed by atoms with van der Waals surface area (Å²) in [6, 6.07) is 13.1. The van der Waals surface area contributed by atoms with Crippen molar-refractivity contribution in [3.63, 3.8) is 0 Å². The molecule has 1 aliphatic heterocycles. The molecule has 1 N–H and O–H groups in total. The summed E-state index contributed by atoms with van der Waals surface area (Å²) in [5.74, 6) is 1.32. The van der Waals surface area contributed by atoms with E-state index in [4.69, 9.17) is 4.42 Å². The van der Waals surface area contributed by atoms with E-state index >= 15 is 0 Å². The Morgan fingerprint density at radius 1 is 1.14 bits per heavy atom. The van der Waals surface area contributed by atoms with E-state index in [0.717, 1.165) is 48.0 Å². The molecule has 9 heteroatoms. The van der Waals surface area contributed by atoms with Gasteiger partial charge in [-0.25, -0.2) is 0 Å². The summed E-state index contributed by atoms with van der Waals surface area (Å²) in [6.07, 6.45) is 3.37. The first-order valence-corrected chi connectivity index (χ1v) is 10.2. The number of rotatable bonds is 4. The number of carbonyl (C=O) groups is 1. The van der Waals surface area contributed by atoms with Crippen molar-refractivity contribution in [2.45, 2.75) is 12.8 Å². The van der Waals surface area contributed by atoms with Crippen molar-refractivity contribution in [3.8, 4) is 11.5 Å². The van der Waals surface area contributed by atoms with Gasteiger partial charge in [0.2, 0.25) is 5.91 Å². The number of amides is 1. The van der Waals surface area contributed by atoms with Crippen LogP contribution in [0.5, 0.6) is 0 Å². The molecule has 8 nitrogen and oxygen atoms in total. The second-order valence-corrected chi connectivity index (χ2v) is 7.49. The molecule has 1 saturated heterocycles. The van der Waals surface area contributed by atoms with Crippen molar-refractivity contribution in [1.82, 2.24) is 18.9 Å². The van der Waals surface area contributed by atoms with Crippen LogP contribution in [0.25, 0.3) is 22.5 Å². The maximum Gasteiger partial charge on any atom is 0.229 e. The fourth-order valence-electron chi connectivity index (χ4n) is 3.59. The van der Waals surface area contributed by atoms with Gasteiger partial charge in [-0.3, -0.25) is 4.79 Å². The normalized spacial score (nSPS) is 16.8. The topological polar surface area (TPSA) is 97.0 Å². The predicted molar refractivity (Wildman–Crippen MR) is 111 cm³/mol. The van der Waals surface area contributed by atoms with Crippen LogP contribution in [0, 0.1) is 5.92 Å². The van der Waals surface area contributed by atoms with Gasteiger partial charge in [0.1, 0.15) is 16.7 Å². The number of hydrogen-bond acceptors (Lipinski definition) is 8. The summed E-state index contributed by atoms with van der Waals surface area (Å²) in [5, 5.41) is 11.6. The minimum atomic E-state index is -0.128. The molecular formula is C20H18N6O2S. The van der Waals surface area contributed by atoms with E-state index < -0.39 is 0 Å². The Kier molecular flexibility index (Phi) is 4.65. The second-order valence-electron chi connectivity index (χ2n) is 6.97. The van der Waals surface area contributed by atoms with Gasteiger partial charge < -0.3 is 14.6 Å². The first-order valence-electron chi connectivity index (χ1n) is 9.42. The summed E-state index contributed by atoms with van der Waals surface area (Å²) in [7, 11) is 0. The number of fused-ring (bicyclic) bond motifs is 1. The molecule has 1 aromatic carbocycles. The van der Waals surface area contributed by atoms with Gasteiger partial charge in [0, 0.05) is 13.1 Å². The number of nitrogens with zero attached hydrogens (tertiary/aromatic N) is 5. The quantitative estimate of drug-likeness (QED) is 0.553. The van der Waals surface area contributed by atoms with Crippen LogP contribution in [0.2, 0.25) is 0 Å². The predicted octanol–water partition coefficient (Wildman–Crippen LogP) is 3.60. The standard InChI is InChI=1S/C20H18N6O2S/c27-20(21-15-5-1-6-16-19(15)25-29-24-16)13-4-2-10-26(12-13)18-9-8-14(22-23-18)17-7-3-11-28-17/h1,3,5-9,11,13H,2,4,10,12H2,(H,21,27). The molecule has 3 aromatic heterocycles. The van der Waals surface area contributed by atoms with Crippen LogP contribution < -0.4 is 10.2 Å². The Morgan fingerprint density at radius 3 is 2.93 bits per heavy atom. The highest BCUT2D eigenvalue weighted by Gasteiger charge is 2.27. The molecule has 1 unspecified atom stereocenters. The van der Waals surface area contributed by atoms with Gasteiger partial charge in [0.15, 0.2) is 11.6 Å². The molecule has 0 aliphatic carbocycles. The van der Waals surface area contributed by atoms with Crippen LogP contribution in [0.4, 0.5) is 11.5 Å². The molecule has 1 fully saturated rings. The van der Waals surface area contributed by atoms with Crippen molar-refractivity contribution in [2.75, 3.05) is 23.3 Å². The van der Waals surface area contributed by atoms with E-state index in [9.17, 15) is 4.79 Å². The van der Waals surface area contributed by atoms with Gasteiger partial charge >= 0.3 is 0 Å². The van der Waals surface area contributed by atoms with E-state index in [1.165, 1.54) is 0 Å². The van der Waals surface area contributed by atoms with E-state index in [0.29, 0.717) is 23.7 Å². The Hall–Kier alpha value is -3.33. The van der Waals surface area contributed by atoms with Crippen molar-refractivity contribution in [2.24, 2.45) is 5.92 Å². The molecule has 1 amide bonds. The Balaban J connectivity index is 1.29. The lowest BCUT2D eigenvalue weighted by molar-refractivity contribution is -0.120. The third-order valence-corrected chi connectivity index (χ3v) is 5.63. The Morgan fingerprint density at radius 2 is 2.10 bits per heavy atom. The molecular weight excluding hydrogens is 388 g/mol. The number of benzene rings is 1. The van der Waals surface area contributed by atoms with Gasteiger partial charge in [0.05, 0.1) is 29.6 Å². The number of furan rings is 1. The van der Waals surface area contributed by atoms with Crippen LogP contribution >= 0.6 is 11.7 Å². The Bertz CT molecular complexity index is 1130. The molecule has 4 heterocycles. The van der Waals surface area contributed by atoms with E-state index in [2.05, 4.69) is 29.2 Å². The fourth-order valence-corrected chi connectivity index (χ4v) is 4.14. The van der Waals surface area contributed by atoms with Gasteiger partial charge in [-0.1, -0.05) is 6.07 Å². The number of aromatic nitrogens is 4. The average molecular weight is 406 g/mol. The fraction of sp³-hybridized carbons (Fsp3) is 0.250. The van der Waals surface area contributed by atoms with Crippen molar-refractivity contribution in [1.29, 1.82) is 0 Å². The van der Waals surface area contributed by atoms with Crippen LogP contribution in [0.1, 0.15) is 12.8 Å². The first kappa shape index (κ1) is 17.7. The van der Waals surface area contributed by atoms with Crippen molar-refractivity contribution < 1.29 is 9.21 Å². The lowest BCUT2D eigenvalue weighted by atomic mass is 9.97. The zero-order valence-corrected chi connectivity index (χ0v) is 16.3. The highest BCUT2D eigenvalue weighted by Crippen LogP contribution is 2.26. The zero-order valence-electron chi connectivity index (χ0n) is 15.5. The first-order chi connectivity index (χ1) is 14.3. The van der Waals surface area contributed by atoms with Crippen LogP contribution in [-0.2, 0) is 4.79 Å². The van der Waals surface area contributed by atoms with Gasteiger partial charge in [-0.15, -0.1) is 10.2 Å². The molecule has 0 saturated carbocycles. The highest BCUT2D eigenvalue weighted by atomic mass is 32.1.